The quantitative estimate of drug-likeness (QED) is 0.736. The summed E-state index contributed by atoms with van der Waals surface area (Å²) in [7, 11) is 0. The molecule has 0 rings (SSSR count). The van der Waals surface area contributed by atoms with Gasteiger partial charge >= 0.3 is 0 Å². The summed E-state index contributed by atoms with van der Waals surface area (Å²) in [5, 5.41) is 0. The van der Waals surface area contributed by atoms with E-state index in [-0.39, 0.29) is 18.3 Å². The van der Waals surface area contributed by atoms with Crippen LogP contribution in [0.5, 0.6) is 0 Å². The van der Waals surface area contributed by atoms with E-state index in [1.807, 2.05) is 11.8 Å². The number of hydrogen-bond donors (Lipinski definition) is 1. The lowest BCUT2D eigenvalue weighted by molar-refractivity contribution is -0.131. The number of halogens is 1. The number of nitrogens with two attached hydrogens (primary N) is 1. The normalized spacial score (nSPS) is 9.93. The second-order valence-corrected chi connectivity index (χ2v) is 3.65. The van der Waals surface area contributed by atoms with Crippen LogP contribution in [0.4, 0.5) is 0 Å². The summed E-state index contributed by atoms with van der Waals surface area (Å²) in [6, 6.07) is 0. The van der Waals surface area contributed by atoms with Crippen molar-refractivity contribution in [1.82, 2.24) is 4.90 Å². The van der Waals surface area contributed by atoms with Crippen molar-refractivity contribution >= 4 is 18.3 Å². The molecular weight excluding hydrogens is 212 g/mol. The molecule has 92 valence electrons. The number of rotatable bonds is 7. The zero-order valence-electron chi connectivity index (χ0n) is 10.2. The summed E-state index contributed by atoms with van der Waals surface area (Å²) in [6.07, 6.45) is 2.76. The number of carbonyl (C=O) groups excluding carboxylic acids is 1. The summed E-state index contributed by atoms with van der Waals surface area (Å²) in [4.78, 5) is 13.5. The van der Waals surface area contributed by atoms with E-state index in [9.17, 15) is 4.79 Å². The van der Waals surface area contributed by atoms with Crippen LogP contribution in [0.25, 0.3) is 0 Å². The van der Waals surface area contributed by atoms with Gasteiger partial charge in [-0.25, -0.2) is 0 Å². The topological polar surface area (TPSA) is 46.3 Å². The van der Waals surface area contributed by atoms with Gasteiger partial charge in [0, 0.05) is 26.1 Å². The van der Waals surface area contributed by atoms with Gasteiger partial charge in [-0.2, -0.15) is 0 Å². The Hall–Kier alpha value is -0.280. The molecule has 0 spiro atoms. The third kappa shape index (κ3) is 6.74. The minimum atomic E-state index is 0. The molecule has 0 aliphatic heterocycles. The highest BCUT2D eigenvalue weighted by molar-refractivity contribution is 5.85. The third-order valence-electron chi connectivity index (χ3n) is 2.73. The molecule has 3 nitrogen and oxygen atoms in total. The molecule has 4 heteroatoms. The van der Waals surface area contributed by atoms with E-state index >= 15 is 0 Å². The molecular formula is C11H25ClN2O. The fourth-order valence-corrected chi connectivity index (χ4v) is 1.55. The summed E-state index contributed by atoms with van der Waals surface area (Å²) in [5.74, 6) is 0.832. The van der Waals surface area contributed by atoms with Crippen LogP contribution in [-0.2, 0) is 4.79 Å². The highest BCUT2D eigenvalue weighted by Crippen LogP contribution is 2.10. The Kier molecular flexibility index (Phi) is 11.7. The van der Waals surface area contributed by atoms with E-state index in [1.165, 1.54) is 0 Å². The fourth-order valence-electron chi connectivity index (χ4n) is 1.55. The molecule has 0 atom stereocenters. The molecule has 0 saturated carbocycles. The van der Waals surface area contributed by atoms with Gasteiger partial charge in [0.1, 0.15) is 0 Å². The Labute approximate surface area is 99.8 Å². The van der Waals surface area contributed by atoms with Gasteiger partial charge in [0.15, 0.2) is 0 Å². The Balaban J connectivity index is 0. The predicted octanol–water partition coefficient (Wildman–Crippen LogP) is 2.04. The highest BCUT2D eigenvalue weighted by atomic mass is 35.5. The Morgan fingerprint density at radius 3 is 2.13 bits per heavy atom. The van der Waals surface area contributed by atoms with Crippen LogP contribution >= 0.6 is 12.4 Å². The van der Waals surface area contributed by atoms with Gasteiger partial charge in [0.05, 0.1) is 0 Å². The number of hydrogen-bond acceptors (Lipinski definition) is 2. The molecule has 0 aromatic heterocycles. The smallest absolute Gasteiger partial charge is 0.223 e. The lowest BCUT2D eigenvalue weighted by atomic mass is 10.0. The van der Waals surface area contributed by atoms with Crippen LogP contribution in [0.3, 0.4) is 0 Å². The molecule has 0 fully saturated rings. The van der Waals surface area contributed by atoms with Crippen molar-refractivity contribution < 1.29 is 4.79 Å². The van der Waals surface area contributed by atoms with Crippen molar-refractivity contribution in [3.05, 3.63) is 0 Å². The van der Waals surface area contributed by atoms with E-state index in [1.54, 1.807) is 0 Å². The van der Waals surface area contributed by atoms with E-state index in [4.69, 9.17) is 5.73 Å². The molecule has 15 heavy (non-hydrogen) atoms. The minimum Gasteiger partial charge on any atom is -0.343 e. The number of carbonyl (C=O) groups is 1. The Bertz CT molecular complexity index is 161. The van der Waals surface area contributed by atoms with E-state index in [0.29, 0.717) is 18.9 Å². The average molecular weight is 237 g/mol. The number of amides is 1. The van der Waals surface area contributed by atoms with Crippen molar-refractivity contribution in [1.29, 1.82) is 0 Å². The summed E-state index contributed by atoms with van der Waals surface area (Å²) in [6.45, 7) is 8.53. The molecule has 0 radical (unpaired) electrons. The molecule has 0 heterocycles. The lowest BCUT2D eigenvalue weighted by Crippen LogP contribution is -2.36. The van der Waals surface area contributed by atoms with Gasteiger partial charge in [-0.15, -0.1) is 12.4 Å². The molecule has 0 aliphatic rings. The van der Waals surface area contributed by atoms with Gasteiger partial charge in [-0.3, -0.25) is 4.79 Å². The Morgan fingerprint density at radius 1 is 1.27 bits per heavy atom. The van der Waals surface area contributed by atoms with Crippen LogP contribution in [0.2, 0.25) is 0 Å². The zero-order chi connectivity index (χ0) is 11.0. The summed E-state index contributed by atoms with van der Waals surface area (Å²) < 4.78 is 0. The van der Waals surface area contributed by atoms with Gasteiger partial charge < -0.3 is 10.6 Å². The van der Waals surface area contributed by atoms with Gasteiger partial charge in [-0.05, 0) is 12.8 Å². The van der Waals surface area contributed by atoms with E-state index in [0.717, 1.165) is 25.9 Å². The van der Waals surface area contributed by atoms with E-state index < -0.39 is 0 Å². The summed E-state index contributed by atoms with van der Waals surface area (Å²) in [5.41, 5.74) is 5.37. The highest BCUT2D eigenvalue weighted by Gasteiger charge is 2.14. The van der Waals surface area contributed by atoms with Crippen molar-refractivity contribution in [3.63, 3.8) is 0 Å². The van der Waals surface area contributed by atoms with Crippen LogP contribution in [0, 0.1) is 5.92 Å². The monoisotopic (exact) mass is 236 g/mol. The van der Waals surface area contributed by atoms with Crippen LogP contribution in [-0.4, -0.2) is 30.4 Å². The maximum atomic E-state index is 11.6. The first kappa shape index (κ1) is 17.1. The number of nitrogens with zero attached hydrogens (tertiary/aromatic N) is 1. The van der Waals surface area contributed by atoms with Crippen molar-refractivity contribution in [2.24, 2.45) is 11.7 Å². The molecule has 0 aromatic carbocycles. The van der Waals surface area contributed by atoms with Crippen LogP contribution < -0.4 is 5.73 Å². The van der Waals surface area contributed by atoms with Crippen molar-refractivity contribution in [3.8, 4) is 0 Å². The maximum Gasteiger partial charge on any atom is 0.223 e. The molecule has 0 unspecified atom stereocenters. The van der Waals surface area contributed by atoms with E-state index in [2.05, 4.69) is 13.8 Å². The largest absolute Gasteiger partial charge is 0.343 e. The SMILES string of the molecule is CCC(CC)CN(CC)C(=O)CCN.Cl. The maximum absolute atomic E-state index is 11.6. The van der Waals surface area contributed by atoms with Gasteiger partial charge in [0.25, 0.3) is 0 Å². The second-order valence-electron chi connectivity index (χ2n) is 3.65. The zero-order valence-corrected chi connectivity index (χ0v) is 11.0. The lowest BCUT2D eigenvalue weighted by Gasteiger charge is -2.25. The van der Waals surface area contributed by atoms with Gasteiger partial charge in [0.2, 0.25) is 5.91 Å². The minimum absolute atomic E-state index is 0. The predicted molar refractivity (Wildman–Crippen MR) is 67.2 cm³/mol. The molecule has 1 amide bonds. The molecule has 0 aliphatic carbocycles. The average Bonchev–Trinajstić information content (AvgIpc) is 2.20. The van der Waals surface area contributed by atoms with Crippen molar-refractivity contribution in [2.75, 3.05) is 19.6 Å². The molecule has 0 bridgehead atoms. The first-order valence-corrected chi connectivity index (χ1v) is 5.67. The Morgan fingerprint density at radius 2 is 1.80 bits per heavy atom. The van der Waals surface area contributed by atoms with Crippen molar-refractivity contribution in [2.45, 2.75) is 40.0 Å². The van der Waals surface area contributed by atoms with Crippen LogP contribution in [0.15, 0.2) is 0 Å². The second kappa shape index (κ2) is 10.2. The van der Waals surface area contributed by atoms with Gasteiger partial charge in [-0.1, -0.05) is 26.7 Å². The van der Waals surface area contributed by atoms with Crippen LogP contribution in [0.1, 0.15) is 40.0 Å². The molecule has 0 saturated heterocycles. The third-order valence-corrected chi connectivity index (χ3v) is 2.73. The standard InChI is InChI=1S/C11H24N2O.ClH/c1-4-10(5-2)9-13(6-3)11(14)7-8-12;/h10H,4-9,12H2,1-3H3;1H. The fraction of sp³-hybridized carbons (Fsp3) is 0.909. The molecule has 0 aromatic rings. The molecule has 2 N–H and O–H groups in total. The first-order chi connectivity index (χ1) is 6.69. The first-order valence-electron chi connectivity index (χ1n) is 5.67. The summed E-state index contributed by atoms with van der Waals surface area (Å²) >= 11 is 0.